The lowest BCUT2D eigenvalue weighted by Gasteiger charge is -2.09. The maximum Gasteiger partial charge on any atom is 0.573 e. The molecule has 0 atom stereocenters. The lowest BCUT2D eigenvalue weighted by atomic mass is 10.00. The molecule has 1 aromatic heterocycles. The summed E-state index contributed by atoms with van der Waals surface area (Å²) in [5.41, 5.74) is 8.64. The average Bonchev–Trinajstić information content (AvgIpc) is 2.92. The van der Waals surface area contributed by atoms with Crippen LogP contribution in [0.25, 0.3) is 22.2 Å². The molecule has 3 aromatic rings. The predicted molar refractivity (Wildman–Crippen MR) is 92.4 cm³/mol. The minimum atomic E-state index is -4.75. The first-order valence-corrected chi connectivity index (χ1v) is 8.24. The van der Waals surface area contributed by atoms with Crippen molar-refractivity contribution in [2.45, 2.75) is 25.6 Å². The number of benzene rings is 2. The average molecular weight is 366 g/mol. The molecule has 26 heavy (non-hydrogen) atoms. The van der Waals surface area contributed by atoms with Crippen LogP contribution in [0.5, 0.6) is 5.75 Å². The third-order valence-electron chi connectivity index (χ3n) is 4.12. The Morgan fingerprint density at radius 3 is 2.38 bits per heavy atom. The van der Waals surface area contributed by atoms with E-state index in [0.717, 1.165) is 29.7 Å². The third-order valence-corrected chi connectivity index (χ3v) is 4.12. The fourth-order valence-electron chi connectivity index (χ4n) is 2.99. The summed E-state index contributed by atoms with van der Waals surface area (Å²) in [6, 6.07) is 10.2. The first-order chi connectivity index (χ1) is 12.4. The Morgan fingerprint density at radius 2 is 1.73 bits per heavy atom. The van der Waals surface area contributed by atoms with Crippen LogP contribution in [0, 0.1) is 5.82 Å². The highest BCUT2D eigenvalue weighted by atomic mass is 19.4. The summed E-state index contributed by atoms with van der Waals surface area (Å²) in [5, 5.41) is 0.656. The summed E-state index contributed by atoms with van der Waals surface area (Å²) >= 11 is 0. The van der Waals surface area contributed by atoms with E-state index in [9.17, 15) is 17.6 Å². The number of H-pyrrole nitrogens is 1. The highest BCUT2D eigenvalue weighted by Gasteiger charge is 2.31. The van der Waals surface area contributed by atoms with Gasteiger partial charge in [-0.25, -0.2) is 4.39 Å². The van der Waals surface area contributed by atoms with Gasteiger partial charge in [0.1, 0.15) is 11.6 Å². The van der Waals surface area contributed by atoms with E-state index in [4.69, 9.17) is 5.73 Å². The summed E-state index contributed by atoms with van der Waals surface area (Å²) in [4.78, 5) is 3.23. The van der Waals surface area contributed by atoms with Crippen LogP contribution < -0.4 is 10.5 Å². The van der Waals surface area contributed by atoms with Crippen molar-refractivity contribution < 1.29 is 22.3 Å². The van der Waals surface area contributed by atoms with Crippen LogP contribution in [-0.4, -0.2) is 17.9 Å². The molecule has 0 radical (unpaired) electrons. The number of hydrogen-bond donors (Lipinski definition) is 2. The number of halogens is 4. The minimum Gasteiger partial charge on any atom is -0.406 e. The number of nitrogens with one attached hydrogen (secondary N) is 1. The molecule has 0 unspecified atom stereocenters. The smallest absolute Gasteiger partial charge is 0.406 e. The molecule has 3 nitrogen and oxygen atoms in total. The molecule has 3 N–H and O–H groups in total. The first-order valence-electron chi connectivity index (χ1n) is 8.24. The van der Waals surface area contributed by atoms with E-state index in [2.05, 4.69) is 9.72 Å². The zero-order valence-electron chi connectivity index (χ0n) is 13.9. The zero-order chi connectivity index (χ0) is 18.7. The fourth-order valence-corrected chi connectivity index (χ4v) is 2.99. The molecule has 138 valence electrons. The molecule has 3 rings (SSSR count). The Balaban J connectivity index is 2.07. The van der Waals surface area contributed by atoms with Gasteiger partial charge in [-0.1, -0.05) is 0 Å². The second kappa shape index (κ2) is 7.37. The summed E-state index contributed by atoms with van der Waals surface area (Å²) < 4.78 is 54.8. The number of fused-ring (bicyclic) bond motifs is 1. The van der Waals surface area contributed by atoms with Gasteiger partial charge in [0, 0.05) is 16.6 Å². The molecule has 0 saturated carbocycles. The molecule has 2 aromatic carbocycles. The van der Waals surface area contributed by atoms with Gasteiger partial charge < -0.3 is 15.5 Å². The van der Waals surface area contributed by atoms with E-state index >= 15 is 0 Å². The van der Waals surface area contributed by atoms with Gasteiger partial charge in [0.2, 0.25) is 0 Å². The van der Waals surface area contributed by atoms with Crippen molar-refractivity contribution in [3.05, 3.63) is 53.8 Å². The summed E-state index contributed by atoms with van der Waals surface area (Å²) in [6.45, 7) is 0.538. The number of ether oxygens (including phenoxy) is 1. The second-order valence-electron chi connectivity index (χ2n) is 5.99. The van der Waals surface area contributed by atoms with Gasteiger partial charge in [-0.2, -0.15) is 0 Å². The maximum absolute atomic E-state index is 13.2. The minimum absolute atomic E-state index is 0.269. The molecule has 0 spiro atoms. The molecule has 0 amide bonds. The fraction of sp³-hybridized carbons (Fsp3) is 0.263. The van der Waals surface area contributed by atoms with Crippen molar-refractivity contribution in [2.75, 3.05) is 6.54 Å². The summed E-state index contributed by atoms with van der Waals surface area (Å²) in [7, 11) is 0. The SMILES string of the molecule is NCCCCc1c(-c2ccc(F)cc2)[nH]c2ccc(OC(F)(F)F)cc12. The van der Waals surface area contributed by atoms with Crippen molar-refractivity contribution in [2.24, 2.45) is 5.73 Å². The lowest BCUT2D eigenvalue weighted by Crippen LogP contribution is -2.16. The Morgan fingerprint density at radius 1 is 1.00 bits per heavy atom. The van der Waals surface area contributed by atoms with Crippen LogP contribution in [0.2, 0.25) is 0 Å². The molecule has 7 heteroatoms. The van der Waals surface area contributed by atoms with E-state index in [1.54, 1.807) is 18.2 Å². The van der Waals surface area contributed by atoms with E-state index in [-0.39, 0.29) is 11.6 Å². The number of alkyl halides is 3. The lowest BCUT2D eigenvalue weighted by molar-refractivity contribution is -0.274. The van der Waals surface area contributed by atoms with E-state index < -0.39 is 6.36 Å². The van der Waals surface area contributed by atoms with E-state index in [0.29, 0.717) is 23.9 Å². The number of unbranched alkanes of at least 4 members (excludes halogenated alkanes) is 1. The van der Waals surface area contributed by atoms with Gasteiger partial charge in [-0.3, -0.25) is 0 Å². The van der Waals surface area contributed by atoms with Crippen molar-refractivity contribution >= 4 is 10.9 Å². The van der Waals surface area contributed by atoms with Gasteiger partial charge in [-0.05, 0) is 79.4 Å². The van der Waals surface area contributed by atoms with Crippen LogP contribution in [0.3, 0.4) is 0 Å². The van der Waals surface area contributed by atoms with Crippen molar-refractivity contribution in [3.63, 3.8) is 0 Å². The zero-order valence-corrected chi connectivity index (χ0v) is 13.9. The molecule has 0 bridgehead atoms. The van der Waals surface area contributed by atoms with Crippen molar-refractivity contribution in [1.29, 1.82) is 0 Å². The van der Waals surface area contributed by atoms with Gasteiger partial charge in [0.15, 0.2) is 0 Å². The normalized spacial score (nSPS) is 11.9. The Hall–Kier alpha value is -2.54. The molecule has 0 fully saturated rings. The van der Waals surface area contributed by atoms with Crippen LogP contribution in [-0.2, 0) is 6.42 Å². The number of aryl methyl sites for hydroxylation is 1. The van der Waals surface area contributed by atoms with Crippen LogP contribution in [0.1, 0.15) is 18.4 Å². The van der Waals surface area contributed by atoms with Crippen LogP contribution >= 0.6 is 0 Å². The highest BCUT2D eigenvalue weighted by Crippen LogP contribution is 2.35. The summed E-state index contributed by atoms with van der Waals surface area (Å²) in [5.74, 6) is -0.620. The van der Waals surface area contributed by atoms with Gasteiger partial charge in [0.25, 0.3) is 0 Å². The Bertz CT molecular complexity index is 885. The second-order valence-corrected chi connectivity index (χ2v) is 5.99. The van der Waals surface area contributed by atoms with E-state index in [1.165, 1.54) is 24.3 Å². The van der Waals surface area contributed by atoms with Crippen LogP contribution in [0.15, 0.2) is 42.5 Å². The van der Waals surface area contributed by atoms with E-state index in [1.807, 2.05) is 0 Å². The molecule has 0 aliphatic heterocycles. The molecular weight excluding hydrogens is 348 g/mol. The predicted octanol–water partition coefficient (Wildman–Crippen LogP) is 5.15. The molecular formula is C19H18F4N2O. The number of rotatable bonds is 6. The molecule has 1 heterocycles. The largest absolute Gasteiger partial charge is 0.573 e. The number of aromatic nitrogens is 1. The number of nitrogens with two attached hydrogens (primary N) is 1. The van der Waals surface area contributed by atoms with Gasteiger partial charge in [0.05, 0.1) is 0 Å². The maximum atomic E-state index is 13.2. The molecule has 0 aliphatic carbocycles. The quantitative estimate of drug-likeness (QED) is 0.468. The highest BCUT2D eigenvalue weighted by molar-refractivity contribution is 5.91. The number of hydrogen-bond acceptors (Lipinski definition) is 2. The third kappa shape index (κ3) is 4.16. The topological polar surface area (TPSA) is 51.0 Å². The first kappa shape index (κ1) is 18.3. The van der Waals surface area contributed by atoms with Gasteiger partial charge >= 0.3 is 6.36 Å². The monoisotopic (exact) mass is 366 g/mol. The Kier molecular flexibility index (Phi) is 5.18. The van der Waals surface area contributed by atoms with Crippen molar-refractivity contribution in [3.8, 4) is 17.0 Å². The molecule has 0 aliphatic rings. The van der Waals surface area contributed by atoms with Gasteiger partial charge in [-0.15, -0.1) is 13.2 Å². The standard InChI is InChI=1S/C19H18F4N2O/c20-13-6-4-12(5-7-13)18-15(3-1-2-10-24)16-11-14(26-19(21,22)23)8-9-17(16)25-18/h4-9,11,25H,1-3,10,24H2. The van der Waals surface area contributed by atoms with Crippen molar-refractivity contribution in [1.82, 2.24) is 4.98 Å². The molecule has 0 saturated heterocycles. The Labute approximate surface area is 147 Å². The number of aromatic amines is 1. The van der Waals surface area contributed by atoms with Crippen LogP contribution in [0.4, 0.5) is 17.6 Å². The summed E-state index contributed by atoms with van der Waals surface area (Å²) in [6.07, 6.45) is -2.51.